The Bertz CT molecular complexity index is 806. The minimum Gasteiger partial charge on any atom is -0.356 e. The van der Waals surface area contributed by atoms with Crippen molar-refractivity contribution in [2.24, 2.45) is 0 Å². The smallest absolute Gasteiger partial charge is 0.306 e. The van der Waals surface area contributed by atoms with Crippen molar-refractivity contribution in [1.29, 1.82) is 0 Å². The van der Waals surface area contributed by atoms with Crippen LogP contribution in [0.5, 0.6) is 0 Å². The molecule has 1 saturated heterocycles. The van der Waals surface area contributed by atoms with Gasteiger partial charge in [-0.15, -0.1) is 0 Å². The first-order valence-electron chi connectivity index (χ1n) is 8.01. The van der Waals surface area contributed by atoms with Crippen molar-refractivity contribution in [1.82, 2.24) is 4.98 Å². The average molecular weight is 344 g/mol. The van der Waals surface area contributed by atoms with E-state index in [0.717, 1.165) is 44.5 Å². The van der Waals surface area contributed by atoms with E-state index in [9.17, 15) is 19.3 Å². The van der Waals surface area contributed by atoms with Crippen LogP contribution in [-0.2, 0) is 0 Å². The number of pyridine rings is 1. The average Bonchev–Trinajstić information content (AvgIpc) is 2.64. The zero-order valence-electron chi connectivity index (χ0n) is 13.4. The van der Waals surface area contributed by atoms with Gasteiger partial charge in [-0.2, -0.15) is 4.39 Å². The van der Waals surface area contributed by atoms with E-state index in [1.807, 2.05) is 0 Å². The van der Waals surface area contributed by atoms with Crippen LogP contribution in [0.4, 0.5) is 21.6 Å². The lowest BCUT2D eigenvalue weighted by Crippen LogP contribution is -2.32. The van der Waals surface area contributed by atoms with Crippen molar-refractivity contribution >= 4 is 23.1 Å². The molecular weight excluding hydrogens is 327 g/mol. The topological polar surface area (TPSA) is 88.4 Å². The number of nitro groups is 1. The van der Waals surface area contributed by atoms with Crippen LogP contribution in [-0.4, -0.2) is 28.9 Å². The van der Waals surface area contributed by atoms with Gasteiger partial charge < -0.3 is 10.2 Å². The summed E-state index contributed by atoms with van der Waals surface area (Å²) < 4.78 is 13.4. The van der Waals surface area contributed by atoms with Gasteiger partial charge in [0, 0.05) is 31.0 Å². The van der Waals surface area contributed by atoms with E-state index in [0.29, 0.717) is 11.4 Å². The molecule has 1 amide bonds. The molecule has 1 aliphatic heterocycles. The summed E-state index contributed by atoms with van der Waals surface area (Å²) in [6.07, 6.45) is 4.87. The largest absolute Gasteiger partial charge is 0.356 e. The number of carbonyl (C=O) groups is 1. The van der Waals surface area contributed by atoms with Crippen molar-refractivity contribution in [2.45, 2.75) is 19.3 Å². The molecule has 8 heteroatoms. The molecule has 2 aromatic rings. The van der Waals surface area contributed by atoms with Gasteiger partial charge in [-0.1, -0.05) is 0 Å². The minimum atomic E-state index is -0.946. The maximum Gasteiger partial charge on any atom is 0.306 e. The monoisotopic (exact) mass is 344 g/mol. The molecular formula is C17H17FN4O3. The van der Waals surface area contributed by atoms with Crippen molar-refractivity contribution in [3.8, 4) is 0 Å². The Labute approximate surface area is 143 Å². The number of benzene rings is 1. The molecule has 0 spiro atoms. The molecule has 25 heavy (non-hydrogen) atoms. The summed E-state index contributed by atoms with van der Waals surface area (Å²) in [5.41, 5.74) is -0.136. The zero-order chi connectivity index (χ0) is 17.8. The molecule has 0 radical (unpaired) electrons. The Morgan fingerprint density at radius 1 is 1.24 bits per heavy atom. The fraction of sp³-hybridized carbons (Fsp3) is 0.294. The second-order valence-corrected chi connectivity index (χ2v) is 5.80. The van der Waals surface area contributed by atoms with Crippen LogP contribution < -0.4 is 10.2 Å². The highest BCUT2D eigenvalue weighted by Crippen LogP contribution is 2.25. The maximum atomic E-state index is 13.4. The van der Waals surface area contributed by atoms with E-state index in [1.54, 1.807) is 18.3 Å². The predicted octanol–water partition coefficient (Wildman–Crippen LogP) is 3.37. The van der Waals surface area contributed by atoms with Gasteiger partial charge in [0.1, 0.15) is 5.82 Å². The Hall–Kier alpha value is -3.03. The molecule has 1 aromatic carbocycles. The number of rotatable bonds is 4. The van der Waals surface area contributed by atoms with Crippen LogP contribution in [0.3, 0.4) is 0 Å². The van der Waals surface area contributed by atoms with Crippen molar-refractivity contribution in [3.63, 3.8) is 0 Å². The van der Waals surface area contributed by atoms with Gasteiger partial charge in [-0.25, -0.2) is 4.98 Å². The number of halogens is 1. The van der Waals surface area contributed by atoms with Gasteiger partial charge in [0.15, 0.2) is 0 Å². The lowest BCUT2D eigenvalue weighted by molar-refractivity contribution is -0.387. The SMILES string of the molecule is O=C(Nc1ccc(F)c([N+](=O)[O-])c1)c1cccnc1N1CCCCC1. The lowest BCUT2D eigenvalue weighted by Gasteiger charge is -2.29. The fourth-order valence-corrected chi connectivity index (χ4v) is 2.86. The number of amides is 1. The number of aromatic nitrogens is 1. The Balaban J connectivity index is 1.84. The Morgan fingerprint density at radius 2 is 2.00 bits per heavy atom. The summed E-state index contributed by atoms with van der Waals surface area (Å²) >= 11 is 0. The van der Waals surface area contributed by atoms with Crippen LogP contribution in [0.25, 0.3) is 0 Å². The number of piperidine rings is 1. The van der Waals surface area contributed by atoms with E-state index in [4.69, 9.17) is 0 Å². The van der Waals surface area contributed by atoms with E-state index in [-0.39, 0.29) is 5.69 Å². The second-order valence-electron chi connectivity index (χ2n) is 5.80. The molecule has 0 saturated carbocycles. The highest BCUT2D eigenvalue weighted by Gasteiger charge is 2.21. The number of carbonyl (C=O) groups excluding carboxylic acids is 1. The number of anilines is 2. The van der Waals surface area contributed by atoms with Gasteiger partial charge >= 0.3 is 5.69 Å². The third-order valence-electron chi connectivity index (χ3n) is 4.09. The molecule has 130 valence electrons. The number of nitro benzene ring substituents is 1. The van der Waals surface area contributed by atoms with Crippen molar-refractivity contribution < 1.29 is 14.1 Å². The number of nitrogens with one attached hydrogen (secondary N) is 1. The highest BCUT2D eigenvalue weighted by atomic mass is 19.1. The zero-order valence-corrected chi connectivity index (χ0v) is 13.4. The highest BCUT2D eigenvalue weighted by molar-refractivity contribution is 6.07. The molecule has 2 heterocycles. The van der Waals surface area contributed by atoms with Gasteiger partial charge in [0.25, 0.3) is 5.91 Å². The Kier molecular flexibility index (Phi) is 4.87. The maximum absolute atomic E-state index is 13.4. The van der Waals surface area contributed by atoms with Gasteiger partial charge in [0.05, 0.1) is 10.5 Å². The van der Waals surface area contributed by atoms with Crippen molar-refractivity contribution in [3.05, 3.63) is 58.0 Å². The van der Waals surface area contributed by atoms with Gasteiger partial charge in [-0.3, -0.25) is 14.9 Å². The number of hydrogen-bond acceptors (Lipinski definition) is 5. The van der Waals surface area contributed by atoms with E-state index in [1.165, 1.54) is 6.07 Å². The van der Waals surface area contributed by atoms with Gasteiger partial charge in [0.2, 0.25) is 5.82 Å². The van der Waals surface area contributed by atoms with Crippen LogP contribution in [0.1, 0.15) is 29.6 Å². The molecule has 1 aliphatic rings. The third-order valence-corrected chi connectivity index (χ3v) is 4.09. The van der Waals surface area contributed by atoms with Crippen LogP contribution >= 0.6 is 0 Å². The van der Waals surface area contributed by atoms with E-state index in [2.05, 4.69) is 15.2 Å². The first-order valence-corrected chi connectivity index (χ1v) is 8.01. The number of nitrogens with zero attached hydrogens (tertiary/aromatic N) is 3. The summed E-state index contributed by atoms with van der Waals surface area (Å²) in [6, 6.07) is 6.57. The predicted molar refractivity (Wildman–Crippen MR) is 91.3 cm³/mol. The standard InChI is InChI=1S/C17H17FN4O3/c18-14-7-6-12(11-15(14)22(24)25)20-17(23)13-5-4-8-19-16(13)21-9-2-1-3-10-21/h4-8,11H,1-3,9-10H2,(H,20,23). The summed E-state index contributed by atoms with van der Waals surface area (Å²) in [4.78, 5) is 29.0. The van der Waals surface area contributed by atoms with Crippen LogP contribution in [0.2, 0.25) is 0 Å². The number of hydrogen-bond donors (Lipinski definition) is 1. The van der Waals surface area contributed by atoms with Crippen molar-refractivity contribution in [2.75, 3.05) is 23.3 Å². The molecule has 1 fully saturated rings. The molecule has 1 aromatic heterocycles. The summed E-state index contributed by atoms with van der Waals surface area (Å²) in [5.74, 6) is -0.788. The molecule has 0 atom stereocenters. The second kappa shape index (κ2) is 7.25. The first kappa shape index (κ1) is 16.8. The van der Waals surface area contributed by atoms with E-state index < -0.39 is 22.3 Å². The molecule has 0 unspecified atom stereocenters. The first-order chi connectivity index (χ1) is 12.1. The van der Waals surface area contributed by atoms with Crippen LogP contribution in [0.15, 0.2) is 36.5 Å². The fourth-order valence-electron chi connectivity index (χ4n) is 2.86. The van der Waals surface area contributed by atoms with E-state index >= 15 is 0 Å². The molecule has 7 nitrogen and oxygen atoms in total. The summed E-state index contributed by atoms with van der Waals surface area (Å²) in [6.45, 7) is 1.67. The summed E-state index contributed by atoms with van der Waals surface area (Å²) in [5, 5.41) is 13.4. The Morgan fingerprint density at radius 3 is 2.72 bits per heavy atom. The normalized spacial score (nSPS) is 14.2. The molecule has 3 rings (SSSR count). The minimum absolute atomic E-state index is 0.159. The van der Waals surface area contributed by atoms with Crippen LogP contribution in [0, 0.1) is 15.9 Å². The molecule has 1 N–H and O–H groups in total. The summed E-state index contributed by atoms with van der Waals surface area (Å²) in [7, 11) is 0. The third kappa shape index (κ3) is 3.73. The lowest BCUT2D eigenvalue weighted by atomic mass is 10.1. The quantitative estimate of drug-likeness (QED) is 0.678. The molecule has 0 bridgehead atoms. The molecule has 0 aliphatic carbocycles. The van der Waals surface area contributed by atoms with Gasteiger partial charge in [-0.05, 0) is 43.5 Å².